The Bertz CT molecular complexity index is 1600. The number of likely N-dealkylation sites (tertiary alicyclic amines) is 1. The molecule has 1 saturated heterocycles. The third-order valence-corrected chi connectivity index (χ3v) is 7.04. The predicted octanol–water partition coefficient (Wildman–Crippen LogP) is 5.61. The molecule has 0 spiro atoms. The highest BCUT2D eigenvalue weighted by atomic mass is 16.5. The van der Waals surface area contributed by atoms with Crippen LogP contribution in [0.1, 0.15) is 33.9 Å². The summed E-state index contributed by atoms with van der Waals surface area (Å²) in [5.74, 6) is -0.179. The molecule has 5 rings (SSSR count). The largest absolute Gasteiger partial charge is 0.507 e. The van der Waals surface area contributed by atoms with Gasteiger partial charge in [0.05, 0.1) is 25.8 Å². The summed E-state index contributed by atoms with van der Waals surface area (Å²) in [6.07, 6.45) is 3.28. The number of ketones is 1. The van der Waals surface area contributed by atoms with E-state index in [1.807, 2.05) is 43.3 Å². The Balaban J connectivity index is 1.56. The van der Waals surface area contributed by atoms with Crippen molar-refractivity contribution in [1.29, 1.82) is 0 Å². The third-order valence-electron chi connectivity index (χ3n) is 7.04. The van der Waals surface area contributed by atoms with Crippen LogP contribution in [-0.2, 0) is 22.7 Å². The highest BCUT2D eigenvalue weighted by Gasteiger charge is 2.46. The zero-order chi connectivity index (χ0) is 28.9. The minimum absolute atomic E-state index is 0.00726. The standard InChI is InChI=1S/C33H30N2O6/c1-21-16-25(41-20-22-8-5-4-6-9-22)12-13-26(21)31(36)29-30(24-11-14-27(39-2)28(17-24)40-3)35(33(38)32(29)37)19-23-10-7-15-34-18-23/h4-18,30,36H,19-20H2,1-3H3/b31-29+. The molecular weight excluding hydrogens is 520 g/mol. The van der Waals surface area contributed by atoms with Crippen LogP contribution < -0.4 is 14.2 Å². The maximum absolute atomic E-state index is 13.5. The van der Waals surface area contributed by atoms with Gasteiger partial charge in [-0.3, -0.25) is 14.6 Å². The average Bonchev–Trinajstić information content (AvgIpc) is 3.25. The lowest BCUT2D eigenvalue weighted by molar-refractivity contribution is -0.140. The highest BCUT2D eigenvalue weighted by molar-refractivity contribution is 6.46. The number of carbonyl (C=O) groups is 2. The SMILES string of the molecule is COc1ccc(C2/C(=C(\O)c3ccc(OCc4ccccc4)cc3C)C(=O)C(=O)N2Cc2cccnc2)cc1OC. The zero-order valence-electron chi connectivity index (χ0n) is 23.0. The second kappa shape index (κ2) is 12.0. The summed E-state index contributed by atoms with van der Waals surface area (Å²) in [4.78, 5) is 32.5. The highest BCUT2D eigenvalue weighted by Crippen LogP contribution is 2.43. The van der Waals surface area contributed by atoms with Gasteiger partial charge in [0.1, 0.15) is 18.1 Å². The normalized spacial score (nSPS) is 16.1. The van der Waals surface area contributed by atoms with Gasteiger partial charge in [-0.05, 0) is 65.6 Å². The molecule has 3 aromatic carbocycles. The molecule has 2 heterocycles. The number of carbonyl (C=O) groups excluding carboxylic acids is 2. The van der Waals surface area contributed by atoms with Crippen LogP contribution in [0.25, 0.3) is 5.76 Å². The van der Waals surface area contributed by atoms with Crippen molar-refractivity contribution < 1.29 is 28.9 Å². The number of hydrogen-bond acceptors (Lipinski definition) is 7. The Hall–Kier alpha value is -5.11. The number of ether oxygens (including phenoxy) is 3. The molecule has 0 aliphatic carbocycles. The molecule has 1 fully saturated rings. The molecule has 1 aliphatic heterocycles. The molecule has 0 saturated carbocycles. The molecule has 0 radical (unpaired) electrons. The molecule has 41 heavy (non-hydrogen) atoms. The fourth-order valence-corrected chi connectivity index (χ4v) is 4.98. The monoisotopic (exact) mass is 550 g/mol. The van der Waals surface area contributed by atoms with Gasteiger partial charge < -0.3 is 24.2 Å². The lowest BCUT2D eigenvalue weighted by Gasteiger charge is -2.26. The second-order valence-corrected chi connectivity index (χ2v) is 9.65. The first-order valence-corrected chi connectivity index (χ1v) is 13.1. The van der Waals surface area contributed by atoms with Crippen LogP contribution in [0.2, 0.25) is 0 Å². The van der Waals surface area contributed by atoms with Crippen molar-refractivity contribution in [2.24, 2.45) is 0 Å². The number of aliphatic hydroxyl groups is 1. The van der Waals surface area contributed by atoms with Crippen LogP contribution >= 0.6 is 0 Å². The molecule has 1 aliphatic rings. The van der Waals surface area contributed by atoms with E-state index >= 15 is 0 Å². The predicted molar refractivity (Wildman–Crippen MR) is 154 cm³/mol. The van der Waals surface area contributed by atoms with Gasteiger partial charge in [0, 0.05) is 24.5 Å². The Labute approximate surface area is 238 Å². The van der Waals surface area contributed by atoms with Gasteiger partial charge in [-0.15, -0.1) is 0 Å². The number of Topliss-reactive ketones (excluding diaryl/α,β-unsaturated/α-hetero) is 1. The van der Waals surface area contributed by atoms with Crippen LogP contribution in [0.4, 0.5) is 0 Å². The van der Waals surface area contributed by atoms with Crippen LogP contribution in [0.3, 0.4) is 0 Å². The summed E-state index contributed by atoms with van der Waals surface area (Å²) in [6.45, 7) is 2.34. The molecule has 1 N–H and O–H groups in total. The first kappa shape index (κ1) is 27.5. The molecule has 1 unspecified atom stereocenters. The van der Waals surface area contributed by atoms with E-state index in [0.717, 1.165) is 11.1 Å². The van der Waals surface area contributed by atoms with E-state index in [1.54, 1.807) is 54.9 Å². The van der Waals surface area contributed by atoms with Crippen molar-refractivity contribution in [2.75, 3.05) is 14.2 Å². The summed E-state index contributed by atoms with van der Waals surface area (Å²) >= 11 is 0. The lowest BCUT2D eigenvalue weighted by Crippen LogP contribution is -2.29. The number of amides is 1. The number of benzene rings is 3. The van der Waals surface area contributed by atoms with Crippen molar-refractivity contribution in [3.8, 4) is 17.2 Å². The number of nitrogens with zero attached hydrogens (tertiary/aromatic N) is 2. The van der Waals surface area contributed by atoms with Crippen molar-refractivity contribution in [3.05, 3.63) is 125 Å². The van der Waals surface area contributed by atoms with Gasteiger partial charge in [-0.2, -0.15) is 0 Å². The first-order valence-electron chi connectivity index (χ1n) is 13.1. The summed E-state index contributed by atoms with van der Waals surface area (Å²) in [5, 5.41) is 11.6. The van der Waals surface area contributed by atoms with E-state index in [-0.39, 0.29) is 17.9 Å². The molecule has 1 atom stereocenters. The van der Waals surface area contributed by atoms with Crippen molar-refractivity contribution in [2.45, 2.75) is 26.1 Å². The number of methoxy groups -OCH3 is 2. The van der Waals surface area contributed by atoms with Crippen LogP contribution in [-0.4, -0.2) is 40.9 Å². The number of pyridine rings is 1. The van der Waals surface area contributed by atoms with Gasteiger partial charge in [-0.25, -0.2) is 0 Å². The number of aliphatic hydroxyl groups excluding tert-OH is 1. The second-order valence-electron chi connectivity index (χ2n) is 9.65. The quantitative estimate of drug-likeness (QED) is 0.164. The fourth-order valence-electron chi connectivity index (χ4n) is 4.98. The molecule has 0 bridgehead atoms. The molecule has 1 amide bonds. The van der Waals surface area contributed by atoms with Crippen LogP contribution in [0.15, 0.2) is 96.8 Å². The van der Waals surface area contributed by atoms with Crippen molar-refractivity contribution in [3.63, 3.8) is 0 Å². The third kappa shape index (κ3) is 5.63. The van der Waals surface area contributed by atoms with Crippen molar-refractivity contribution >= 4 is 17.4 Å². The Morgan fingerprint density at radius 2 is 1.66 bits per heavy atom. The molecule has 8 heteroatoms. The van der Waals surface area contributed by atoms with E-state index < -0.39 is 17.7 Å². The Morgan fingerprint density at radius 3 is 2.34 bits per heavy atom. The van der Waals surface area contributed by atoms with Gasteiger partial charge >= 0.3 is 0 Å². The maximum atomic E-state index is 13.5. The summed E-state index contributed by atoms with van der Waals surface area (Å²) in [5.41, 5.74) is 3.48. The van der Waals surface area contributed by atoms with Gasteiger partial charge in [-0.1, -0.05) is 42.5 Å². The smallest absolute Gasteiger partial charge is 0.295 e. The Morgan fingerprint density at radius 1 is 0.902 bits per heavy atom. The molecule has 4 aromatic rings. The minimum atomic E-state index is -0.872. The van der Waals surface area contributed by atoms with Gasteiger partial charge in [0.2, 0.25) is 0 Å². The van der Waals surface area contributed by atoms with E-state index in [4.69, 9.17) is 14.2 Å². The first-order chi connectivity index (χ1) is 19.9. The van der Waals surface area contributed by atoms with E-state index in [2.05, 4.69) is 4.98 Å². The zero-order valence-corrected chi connectivity index (χ0v) is 23.0. The number of hydrogen-bond donors (Lipinski definition) is 1. The topological polar surface area (TPSA) is 98.2 Å². The number of rotatable bonds is 9. The Kier molecular flexibility index (Phi) is 8.01. The number of aromatic nitrogens is 1. The molecule has 1 aromatic heterocycles. The summed E-state index contributed by atoms with van der Waals surface area (Å²) in [7, 11) is 3.04. The summed E-state index contributed by atoms with van der Waals surface area (Å²) < 4.78 is 16.8. The van der Waals surface area contributed by atoms with Gasteiger partial charge in [0.15, 0.2) is 11.5 Å². The molecular formula is C33H30N2O6. The van der Waals surface area contributed by atoms with E-state index in [1.165, 1.54) is 19.1 Å². The number of aryl methyl sites for hydroxylation is 1. The summed E-state index contributed by atoms with van der Waals surface area (Å²) in [6, 6.07) is 22.9. The fraction of sp³-hybridized carbons (Fsp3) is 0.182. The van der Waals surface area contributed by atoms with Crippen LogP contribution in [0, 0.1) is 6.92 Å². The average molecular weight is 551 g/mol. The van der Waals surface area contributed by atoms with Gasteiger partial charge in [0.25, 0.3) is 11.7 Å². The van der Waals surface area contributed by atoms with Crippen LogP contribution in [0.5, 0.6) is 17.2 Å². The maximum Gasteiger partial charge on any atom is 0.295 e. The van der Waals surface area contributed by atoms with E-state index in [0.29, 0.717) is 40.5 Å². The van der Waals surface area contributed by atoms with E-state index in [9.17, 15) is 14.7 Å². The lowest BCUT2D eigenvalue weighted by atomic mass is 9.93. The molecule has 208 valence electrons. The van der Waals surface area contributed by atoms with Crippen molar-refractivity contribution in [1.82, 2.24) is 9.88 Å². The minimum Gasteiger partial charge on any atom is -0.507 e. The molecule has 8 nitrogen and oxygen atoms in total.